The fourth-order valence-corrected chi connectivity index (χ4v) is 3.88. The molecule has 0 spiro atoms. The normalized spacial score (nSPS) is 14.5. The zero-order valence-electron chi connectivity index (χ0n) is 9.63. The molecule has 0 fully saturated rings. The van der Waals surface area contributed by atoms with Gasteiger partial charge < -0.3 is 5.73 Å². The van der Waals surface area contributed by atoms with Gasteiger partial charge in [-0.25, -0.2) is 0 Å². The largest absolute Gasteiger partial charge is 0.323 e. The Bertz CT molecular complexity index is 508. The lowest BCUT2D eigenvalue weighted by molar-refractivity contribution is 0.676. The van der Waals surface area contributed by atoms with Crippen LogP contribution in [-0.4, -0.2) is 9.96 Å². The molecule has 0 aliphatic rings. The Hall–Kier alpha value is -0.970. The molecule has 4 heteroatoms. The van der Waals surface area contributed by atoms with Crippen LogP contribution < -0.4 is 5.73 Å². The molecule has 1 heterocycles. The molecule has 2 aromatic rings. The van der Waals surface area contributed by atoms with Crippen LogP contribution in [0.2, 0.25) is 0 Å². The van der Waals surface area contributed by atoms with Gasteiger partial charge in [0.15, 0.2) is 0 Å². The zero-order valence-corrected chi connectivity index (χ0v) is 11.3. The first kappa shape index (κ1) is 12.5. The van der Waals surface area contributed by atoms with Gasteiger partial charge in [-0.1, -0.05) is 30.3 Å². The Morgan fingerprint density at radius 3 is 2.71 bits per heavy atom. The van der Waals surface area contributed by atoms with E-state index in [4.69, 9.17) is 5.73 Å². The molecule has 0 aliphatic carbocycles. The maximum Gasteiger partial charge on any atom is 0.0911 e. The summed E-state index contributed by atoms with van der Waals surface area (Å²) in [6.07, 6.45) is 0. The minimum Gasteiger partial charge on any atom is -0.323 e. The van der Waals surface area contributed by atoms with Crippen LogP contribution in [0.4, 0.5) is 0 Å². The molecule has 17 heavy (non-hydrogen) atoms. The quantitative estimate of drug-likeness (QED) is 0.923. The SMILES string of the molecule is Cc1ccccc1C(N)CS(=O)c1cccs1. The van der Waals surface area contributed by atoms with E-state index in [-0.39, 0.29) is 6.04 Å². The molecule has 1 aromatic heterocycles. The summed E-state index contributed by atoms with van der Waals surface area (Å²) < 4.78 is 12.9. The number of hydrogen-bond donors (Lipinski definition) is 1. The molecule has 0 saturated carbocycles. The molecule has 1 aromatic carbocycles. The number of rotatable bonds is 4. The lowest BCUT2D eigenvalue weighted by Gasteiger charge is -2.13. The minimum absolute atomic E-state index is 0.167. The topological polar surface area (TPSA) is 43.1 Å². The van der Waals surface area contributed by atoms with Gasteiger partial charge in [-0.3, -0.25) is 4.21 Å². The minimum atomic E-state index is -0.998. The summed E-state index contributed by atoms with van der Waals surface area (Å²) in [5.74, 6) is 0.478. The van der Waals surface area contributed by atoms with E-state index in [0.717, 1.165) is 15.3 Å². The van der Waals surface area contributed by atoms with E-state index in [0.29, 0.717) is 5.75 Å². The first-order valence-corrected chi connectivity index (χ1v) is 7.61. The fraction of sp³-hybridized carbons (Fsp3) is 0.231. The summed E-state index contributed by atoms with van der Waals surface area (Å²) in [4.78, 5) is 0. The van der Waals surface area contributed by atoms with Crippen LogP contribution in [0.15, 0.2) is 46.0 Å². The summed E-state index contributed by atoms with van der Waals surface area (Å²) in [6.45, 7) is 2.03. The smallest absolute Gasteiger partial charge is 0.0911 e. The molecule has 2 rings (SSSR count). The monoisotopic (exact) mass is 265 g/mol. The van der Waals surface area contributed by atoms with Gasteiger partial charge in [0.05, 0.1) is 15.0 Å². The van der Waals surface area contributed by atoms with Crippen LogP contribution in [0, 0.1) is 6.92 Å². The van der Waals surface area contributed by atoms with Crippen molar-refractivity contribution >= 4 is 22.1 Å². The number of hydrogen-bond acceptors (Lipinski definition) is 3. The van der Waals surface area contributed by atoms with E-state index in [2.05, 4.69) is 0 Å². The Labute approximate surface area is 108 Å². The Morgan fingerprint density at radius 1 is 1.29 bits per heavy atom. The molecule has 0 saturated heterocycles. The molecule has 0 radical (unpaired) electrons. The Balaban J connectivity index is 2.10. The molecule has 0 aliphatic heterocycles. The average molecular weight is 265 g/mol. The maximum absolute atomic E-state index is 12.0. The van der Waals surface area contributed by atoms with Crippen molar-refractivity contribution in [2.75, 3.05) is 5.75 Å². The zero-order chi connectivity index (χ0) is 12.3. The van der Waals surface area contributed by atoms with E-state index >= 15 is 0 Å². The summed E-state index contributed by atoms with van der Waals surface area (Å²) in [5.41, 5.74) is 8.35. The third-order valence-electron chi connectivity index (χ3n) is 2.64. The molecule has 2 unspecified atom stereocenters. The van der Waals surface area contributed by atoms with Gasteiger partial charge in [0.2, 0.25) is 0 Å². The predicted molar refractivity (Wildman–Crippen MR) is 73.7 cm³/mol. The third kappa shape index (κ3) is 3.03. The van der Waals surface area contributed by atoms with Crippen molar-refractivity contribution in [1.82, 2.24) is 0 Å². The first-order chi connectivity index (χ1) is 8.18. The molecule has 2 nitrogen and oxygen atoms in total. The molecular formula is C13H15NOS2. The van der Waals surface area contributed by atoms with Gasteiger partial charge >= 0.3 is 0 Å². The lowest BCUT2D eigenvalue weighted by atomic mass is 10.0. The van der Waals surface area contributed by atoms with Crippen LogP contribution in [0.3, 0.4) is 0 Å². The van der Waals surface area contributed by atoms with Crippen molar-refractivity contribution in [2.45, 2.75) is 17.2 Å². The van der Waals surface area contributed by atoms with Crippen molar-refractivity contribution in [1.29, 1.82) is 0 Å². The first-order valence-electron chi connectivity index (χ1n) is 5.41. The van der Waals surface area contributed by atoms with Crippen molar-refractivity contribution in [3.63, 3.8) is 0 Å². The van der Waals surface area contributed by atoms with E-state index in [1.807, 2.05) is 48.7 Å². The number of aryl methyl sites for hydroxylation is 1. The van der Waals surface area contributed by atoms with Gasteiger partial charge in [-0.2, -0.15) is 0 Å². The summed E-state index contributed by atoms with van der Waals surface area (Å²) in [5, 5.41) is 1.94. The number of thiophene rings is 1. The highest BCUT2D eigenvalue weighted by Crippen LogP contribution is 2.20. The molecule has 0 amide bonds. The van der Waals surface area contributed by atoms with Crippen LogP contribution in [0.1, 0.15) is 17.2 Å². The van der Waals surface area contributed by atoms with E-state index in [1.54, 1.807) is 0 Å². The van der Waals surface area contributed by atoms with Gasteiger partial charge in [-0.05, 0) is 29.5 Å². The highest BCUT2D eigenvalue weighted by Gasteiger charge is 2.14. The maximum atomic E-state index is 12.0. The lowest BCUT2D eigenvalue weighted by Crippen LogP contribution is -2.19. The second-order valence-corrected chi connectivity index (χ2v) is 6.58. The van der Waals surface area contributed by atoms with E-state index in [9.17, 15) is 4.21 Å². The van der Waals surface area contributed by atoms with Gasteiger partial charge in [0, 0.05) is 11.8 Å². The summed E-state index contributed by atoms with van der Waals surface area (Å²) >= 11 is 1.52. The van der Waals surface area contributed by atoms with E-state index in [1.165, 1.54) is 11.3 Å². The molecule has 0 bridgehead atoms. The summed E-state index contributed by atoms with van der Waals surface area (Å²) in [6, 6.07) is 11.6. The summed E-state index contributed by atoms with van der Waals surface area (Å²) in [7, 11) is -0.998. The molecule has 2 atom stereocenters. The van der Waals surface area contributed by atoms with Gasteiger partial charge in [0.25, 0.3) is 0 Å². The fourth-order valence-electron chi connectivity index (χ4n) is 1.73. The second kappa shape index (κ2) is 5.58. The van der Waals surface area contributed by atoms with Crippen LogP contribution in [-0.2, 0) is 10.8 Å². The third-order valence-corrected chi connectivity index (χ3v) is 5.39. The standard InChI is InChI=1S/C13H15NOS2/c1-10-5-2-3-6-11(10)12(14)9-17(15)13-7-4-8-16-13/h2-8,12H,9,14H2,1H3. The van der Waals surface area contributed by atoms with Crippen molar-refractivity contribution in [3.05, 3.63) is 52.9 Å². The number of benzene rings is 1. The predicted octanol–water partition coefficient (Wildman–Crippen LogP) is 2.86. The molecule has 2 N–H and O–H groups in total. The van der Waals surface area contributed by atoms with Crippen LogP contribution in [0.5, 0.6) is 0 Å². The highest BCUT2D eigenvalue weighted by atomic mass is 32.2. The van der Waals surface area contributed by atoms with Gasteiger partial charge in [-0.15, -0.1) is 11.3 Å². The van der Waals surface area contributed by atoms with Crippen molar-refractivity contribution < 1.29 is 4.21 Å². The Kier molecular flexibility index (Phi) is 4.10. The highest BCUT2D eigenvalue weighted by molar-refractivity contribution is 7.87. The average Bonchev–Trinajstić information content (AvgIpc) is 2.82. The number of nitrogens with two attached hydrogens (primary N) is 1. The van der Waals surface area contributed by atoms with Crippen LogP contribution >= 0.6 is 11.3 Å². The van der Waals surface area contributed by atoms with Crippen molar-refractivity contribution in [3.8, 4) is 0 Å². The molecular weight excluding hydrogens is 250 g/mol. The Morgan fingerprint density at radius 2 is 2.06 bits per heavy atom. The molecule has 90 valence electrons. The van der Waals surface area contributed by atoms with Gasteiger partial charge in [0.1, 0.15) is 0 Å². The second-order valence-electron chi connectivity index (χ2n) is 3.91. The van der Waals surface area contributed by atoms with Crippen molar-refractivity contribution in [2.24, 2.45) is 5.73 Å². The van der Waals surface area contributed by atoms with Crippen LogP contribution in [0.25, 0.3) is 0 Å². The van der Waals surface area contributed by atoms with E-state index < -0.39 is 10.8 Å².